The largest absolute Gasteiger partial charge is 0.461 e. The lowest BCUT2D eigenvalue weighted by Gasteiger charge is -2.30. The lowest BCUT2D eigenvalue weighted by molar-refractivity contribution is 0.0519. The van der Waals surface area contributed by atoms with Crippen molar-refractivity contribution in [1.29, 1.82) is 0 Å². The lowest BCUT2D eigenvalue weighted by Crippen LogP contribution is -2.33. The third-order valence-corrected chi connectivity index (χ3v) is 6.29. The minimum atomic E-state index is -3.71. The van der Waals surface area contributed by atoms with Gasteiger partial charge in [0.1, 0.15) is 10.6 Å². The van der Waals surface area contributed by atoms with E-state index in [9.17, 15) is 13.2 Å². The molecular formula is C18H22N2O4S. The molecule has 1 aliphatic rings. The fourth-order valence-electron chi connectivity index (χ4n) is 3.37. The van der Waals surface area contributed by atoms with Gasteiger partial charge in [-0.3, -0.25) is 0 Å². The van der Waals surface area contributed by atoms with Crippen LogP contribution in [0, 0.1) is 13.8 Å². The van der Waals surface area contributed by atoms with Crippen LogP contribution >= 0.6 is 0 Å². The summed E-state index contributed by atoms with van der Waals surface area (Å²) < 4.78 is 33.1. The molecule has 0 bridgehead atoms. The van der Waals surface area contributed by atoms with Crippen molar-refractivity contribution >= 4 is 16.0 Å². The van der Waals surface area contributed by atoms with Gasteiger partial charge in [0.15, 0.2) is 0 Å². The number of nitrogens with one attached hydrogen (secondary N) is 2. The summed E-state index contributed by atoms with van der Waals surface area (Å²) in [5.41, 5.74) is 3.47. The number of benzene rings is 1. The minimum Gasteiger partial charge on any atom is -0.461 e. The van der Waals surface area contributed by atoms with Gasteiger partial charge < -0.3 is 9.72 Å². The first-order valence-electron chi connectivity index (χ1n) is 8.29. The summed E-state index contributed by atoms with van der Waals surface area (Å²) in [6.45, 7) is 5.54. The van der Waals surface area contributed by atoms with E-state index in [2.05, 4.69) is 15.8 Å². The van der Waals surface area contributed by atoms with E-state index >= 15 is 0 Å². The van der Waals surface area contributed by atoms with Crippen molar-refractivity contribution in [3.05, 3.63) is 52.3 Å². The van der Waals surface area contributed by atoms with E-state index in [0.717, 1.165) is 6.42 Å². The molecule has 3 rings (SSSR count). The predicted molar refractivity (Wildman–Crippen MR) is 94.3 cm³/mol. The molecule has 134 valence electrons. The Morgan fingerprint density at radius 2 is 2.04 bits per heavy atom. The van der Waals surface area contributed by atoms with E-state index in [0.29, 0.717) is 17.8 Å². The van der Waals surface area contributed by atoms with Crippen molar-refractivity contribution in [2.45, 2.75) is 38.0 Å². The van der Waals surface area contributed by atoms with Gasteiger partial charge in [0, 0.05) is 23.7 Å². The SMILES string of the molecule is CCOC(=O)c1[nH]c(C)c(S(=O)(=O)NCC2Cc3ccccc32)c1C. The number of hydrogen-bond donors (Lipinski definition) is 2. The summed E-state index contributed by atoms with van der Waals surface area (Å²) in [5, 5.41) is 0. The Balaban J connectivity index is 1.78. The molecule has 1 aliphatic carbocycles. The fourth-order valence-corrected chi connectivity index (χ4v) is 4.89. The molecule has 1 heterocycles. The van der Waals surface area contributed by atoms with Gasteiger partial charge in [0.05, 0.1) is 6.61 Å². The monoisotopic (exact) mass is 362 g/mol. The summed E-state index contributed by atoms with van der Waals surface area (Å²) >= 11 is 0. The zero-order chi connectivity index (χ0) is 18.2. The van der Waals surface area contributed by atoms with Crippen LogP contribution in [0.3, 0.4) is 0 Å². The van der Waals surface area contributed by atoms with E-state index in [-0.39, 0.29) is 23.1 Å². The Morgan fingerprint density at radius 3 is 2.72 bits per heavy atom. The van der Waals surface area contributed by atoms with Gasteiger partial charge in [0.2, 0.25) is 10.0 Å². The maximum Gasteiger partial charge on any atom is 0.355 e. The zero-order valence-electron chi connectivity index (χ0n) is 14.5. The Labute approximate surface area is 147 Å². The summed E-state index contributed by atoms with van der Waals surface area (Å²) in [7, 11) is -3.71. The van der Waals surface area contributed by atoms with Crippen LogP contribution in [0.5, 0.6) is 0 Å². The Kier molecular flexibility index (Phi) is 4.71. The summed E-state index contributed by atoms with van der Waals surface area (Å²) in [4.78, 5) is 14.9. The number of fused-ring (bicyclic) bond motifs is 1. The molecule has 2 N–H and O–H groups in total. The van der Waals surface area contributed by atoms with Gasteiger partial charge in [0.25, 0.3) is 0 Å². The number of esters is 1. The van der Waals surface area contributed by atoms with E-state index in [4.69, 9.17) is 4.74 Å². The molecule has 2 aromatic rings. The van der Waals surface area contributed by atoms with Crippen molar-refractivity contribution < 1.29 is 17.9 Å². The highest BCUT2D eigenvalue weighted by Crippen LogP contribution is 2.34. The van der Waals surface area contributed by atoms with E-state index in [1.165, 1.54) is 11.1 Å². The molecule has 1 atom stereocenters. The molecule has 1 unspecified atom stereocenters. The Hall–Kier alpha value is -2.12. The normalized spacial score (nSPS) is 16.2. The highest BCUT2D eigenvalue weighted by Gasteiger charge is 2.30. The standard InChI is InChI=1S/C18H22N2O4S/c1-4-24-18(21)16-11(2)17(12(3)20-16)25(22,23)19-10-14-9-13-7-5-6-8-15(13)14/h5-8,14,19-20H,4,9-10H2,1-3H3. The number of carbonyl (C=O) groups is 1. The first-order valence-corrected chi connectivity index (χ1v) is 9.77. The van der Waals surface area contributed by atoms with Crippen LogP contribution in [0.25, 0.3) is 0 Å². The average Bonchev–Trinajstić information content (AvgIpc) is 2.84. The van der Waals surface area contributed by atoms with Crippen molar-refractivity contribution in [3.63, 3.8) is 0 Å². The highest BCUT2D eigenvalue weighted by atomic mass is 32.2. The van der Waals surface area contributed by atoms with Gasteiger partial charge in [-0.25, -0.2) is 17.9 Å². The summed E-state index contributed by atoms with van der Waals surface area (Å²) in [5.74, 6) is -0.354. The van der Waals surface area contributed by atoms with Crippen molar-refractivity contribution in [3.8, 4) is 0 Å². The van der Waals surface area contributed by atoms with Gasteiger partial charge in [-0.15, -0.1) is 0 Å². The zero-order valence-corrected chi connectivity index (χ0v) is 15.4. The number of ether oxygens (including phenoxy) is 1. The molecule has 0 saturated carbocycles. The molecule has 25 heavy (non-hydrogen) atoms. The van der Waals surface area contributed by atoms with Crippen molar-refractivity contribution in [2.75, 3.05) is 13.2 Å². The molecule has 0 saturated heterocycles. The summed E-state index contributed by atoms with van der Waals surface area (Å²) in [6.07, 6.45) is 0.873. The molecule has 1 aromatic carbocycles. The first kappa shape index (κ1) is 17.7. The van der Waals surface area contributed by atoms with Gasteiger partial charge in [-0.1, -0.05) is 24.3 Å². The Bertz CT molecular complexity index is 915. The molecular weight excluding hydrogens is 340 g/mol. The Morgan fingerprint density at radius 1 is 1.32 bits per heavy atom. The molecule has 6 nitrogen and oxygen atoms in total. The molecule has 0 spiro atoms. The fraction of sp³-hybridized carbons (Fsp3) is 0.389. The molecule has 0 aliphatic heterocycles. The number of carbonyl (C=O) groups excluding carboxylic acids is 1. The van der Waals surface area contributed by atoms with E-state index < -0.39 is 16.0 Å². The second-order valence-corrected chi connectivity index (χ2v) is 7.96. The average molecular weight is 362 g/mol. The van der Waals surface area contributed by atoms with Gasteiger partial charge in [-0.05, 0) is 38.3 Å². The number of hydrogen-bond acceptors (Lipinski definition) is 4. The van der Waals surface area contributed by atoms with Crippen LogP contribution in [0.1, 0.15) is 45.7 Å². The number of aromatic nitrogens is 1. The first-order chi connectivity index (χ1) is 11.8. The lowest BCUT2D eigenvalue weighted by atomic mass is 9.78. The number of rotatable bonds is 6. The van der Waals surface area contributed by atoms with Gasteiger partial charge in [-0.2, -0.15) is 0 Å². The number of sulfonamides is 1. The smallest absolute Gasteiger partial charge is 0.355 e. The molecule has 7 heteroatoms. The maximum atomic E-state index is 12.7. The van der Waals surface area contributed by atoms with E-state index in [1.54, 1.807) is 20.8 Å². The molecule has 1 aromatic heterocycles. The van der Waals surface area contributed by atoms with Crippen molar-refractivity contribution in [2.24, 2.45) is 0 Å². The molecule has 0 fully saturated rings. The topological polar surface area (TPSA) is 88.3 Å². The number of aryl methyl sites for hydroxylation is 1. The molecule has 0 amide bonds. The number of H-pyrrole nitrogens is 1. The quantitative estimate of drug-likeness (QED) is 0.773. The van der Waals surface area contributed by atoms with Gasteiger partial charge >= 0.3 is 5.97 Å². The minimum absolute atomic E-state index is 0.128. The third-order valence-electron chi connectivity index (χ3n) is 4.60. The van der Waals surface area contributed by atoms with Crippen molar-refractivity contribution in [1.82, 2.24) is 9.71 Å². The second kappa shape index (κ2) is 6.65. The van der Waals surface area contributed by atoms with Crippen LogP contribution in [0.4, 0.5) is 0 Å². The van der Waals surface area contributed by atoms with Crippen LogP contribution in [0.15, 0.2) is 29.2 Å². The van der Waals surface area contributed by atoms with Crippen LogP contribution in [0.2, 0.25) is 0 Å². The summed E-state index contributed by atoms with van der Waals surface area (Å²) in [6, 6.07) is 8.05. The number of aromatic amines is 1. The maximum absolute atomic E-state index is 12.7. The van der Waals surface area contributed by atoms with Crippen LogP contribution in [-0.2, 0) is 21.2 Å². The second-order valence-electron chi connectivity index (χ2n) is 6.25. The predicted octanol–water partition coefficient (Wildman–Crippen LogP) is 2.43. The molecule has 0 radical (unpaired) electrons. The van der Waals surface area contributed by atoms with Crippen LogP contribution in [-0.4, -0.2) is 32.5 Å². The van der Waals surface area contributed by atoms with Crippen LogP contribution < -0.4 is 4.72 Å². The highest BCUT2D eigenvalue weighted by molar-refractivity contribution is 7.89. The van der Waals surface area contributed by atoms with E-state index in [1.807, 2.05) is 18.2 Å². The third kappa shape index (κ3) is 3.21.